The quantitative estimate of drug-likeness (QED) is 0.321. The van der Waals surface area contributed by atoms with Crippen LogP contribution in [0.3, 0.4) is 0 Å². The van der Waals surface area contributed by atoms with E-state index in [1.807, 2.05) is 56.3 Å². The Hall–Kier alpha value is -2.16. The molecule has 0 fully saturated rings. The third-order valence-corrected chi connectivity index (χ3v) is 4.10. The Morgan fingerprint density at radius 2 is 1.93 bits per heavy atom. The lowest BCUT2D eigenvalue weighted by Crippen LogP contribution is -2.36. The number of guanidine groups is 1. The number of amides is 1. The van der Waals surface area contributed by atoms with Crippen molar-refractivity contribution >= 4 is 41.5 Å². The normalized spacial score (nSPS) is 11.9. The van der Waals surface area contributed by atoms with Crippen molar-refractivity contribution in [2.24, 2.45) is 10.9 Å². The second-order valence-corrected chi connectivity index (χ2v) is 6.10. The molecule has 7 heteroatoms. The van der Waals surface area contributed by atoms with E-state index < -0.39 is 0 Å². The van der Waals surface area contributed by atoms with Gasteiger partial charge in [-0.1, -0.05) is 32.0 Å². The molecule has 1 heterocycles. The molecule has 1 unspecified atom stereocenters. The Labute approximate surface area is 178 Å². The molecule has 0 aliphatic heterocycles. The van der Waals surface area contributed by atoms with E-state index in [2.05, 4.69) is 25.9 Å². The molecule has 27 heavy (non-hydrogen) atoms. The molecule has 2 rings (SSSR count). The van der Waals surface area contributed by atoms with Gasteiger partial charge in [0.15, 0.2) is 5.96 Å². The van der Waals surface area contributed by atoms with Gasteiger partial charge in [-0.15, -0.1) is 24.0 Å². The molecule has 2 aromatic rings. The van der Waals surface area contributed by atoms with Crippen molar-refractivity contribution in [1.29, 1.82) is 0 Å². The van der Waals surface area contributed by atoms with E-state index in [4.69, 9.17) is 0 Å². The Morgan fingerprint density at radius 1 is 1.15 bits per heavy atom. The predicted molar refractivity (Wildman–Crippen MR) is 121 cm³/mol. The van der Waals surface area contributed by atoms with Crippen LogP contribution in [0.5, 0.6) is 0 Å². The predicted octanol–water partition coefficient (Wildman–Crippen LogP) is 3.55. The summed E-state index contributed by atoms with van der Waals surface area (Å²) < 4.78 is 0. The Morgan fingerprint density at radius 3 is 2.59 bits per heavy atom. The molecular weight excluding hydrogens is 453 g/mol. The van der Waals surface area contributed by atoms with Gasteiger partial charge in [0.25, 0.3) is 0 Å². The molecule has 0 saturated heterocycles. The standard InChI is InChI=1S/C20H27N5O.HI/c1-4-15(2)19(26)25-17-10-7-8-16(12-17)13-23-20(21-3)24-14-18-9-5-6-11-22-18;/h5-12,15H,4,13-14H2,1-3H3,(H,25,26)(H2,21,23,24);1H. The van der Waals surface area contributed by atoms with Crippen LogP contribution in [0, 0.1) is 5.92 Å². The summed E-state index contributed by atoms with van der Waals surface area (Å²) in [5.74, 6) is 0.751. The average molecular weight is 481 g/mol. The maximum atomic E-state index is 12.0. The van der Waals surface area contributed by atoms with E-state index >= 15 is 0 Å². The molecule has 0 bridgehead atoms. The number of nitrogens with zero attached hydrogens (tertiary/aromatic N) is 2. The Balaban J connectivity index is 0.00000364. The van der Waals surface area contributed by atoms with E-state index in [0.29, 0.717) is 19.0 Å². The van der Waals surface area contributed by atoms with Crippen LogP contribution in [0.1, 0.15) is 31.5 Å². The molecular formula is C20H28IN5O. The monoisotopic (exact) mass is 481 g/mol. The second-order valence-electron chi connectivity index (χ2n) is 6.10. The fourth-order valence-electron chi connectivity index (χ4n) is 2.29. The van der Waals surface area contributed by atoms with Gasteiger partial charge in [0.2, 0.25) is 5.91 Å². The van der Waals surface area contributed by atoms with Crippen LogP contribution in [-0.2, 0) is 17.9 Å². The molecule has 0 aliphatic carbocycles. The summed E-state index contributed by atoms with van der Waals surface area (Å²) >= 11 is 0. The van der Waals surface area contributed by atoms with Gasteiger partial charge in [0.1, 0.15) is 0 Å². The van der Waals surface area contributed by atoms with Crippen molar-refractivity contribution in [2.75, 3.05) is 12.4 Å². The van der Waals surface area contributed by atoms with Crippen molar-refractivity contribution in [3.8, 4) is 0 Å². The van der Waals surface area contributed by atoms with Crippen LogP contribution in [0.15, 0.2) is 53.7 Å². The lowest BCUT2D eigenvalue weighted by atomic mass is 10.1. The topological polar surface area (TPSA) is 78.4 Å². The van der Waals surface area contributed by atoms with Gasteiger partial charge in [-0.2, -0.15) is 0 Å². The number of carbonyl (C=O) groups excluding carboxylic acids is 1. The van der Waals surface area contributed by atoms with Crippen LogP contribution in [0.25, 0.3) is 0 Å². The molecule has 0 saturated carbocycles. The smallest absolute Gasteiger partial charge is 0.227 e. The lowest BCUT2D eigenvalue weighted by molar-refractivity contribution is -0.119. The highest BCUT2D eigenvalue weighted by Crippen LogP contribution is 2.13. The first kappa shape index (κ1) is 22.9. The van der Waals surface area contributed by atoms with Crippen molar-refractivity contribution in [3.63, 3.8) is 0 Å². The molecule has 1 aromatic heterocycles. The van der Waals surface area contributed by atoms with E-state index in [9.17, 15) is 4.79 Å². The SMILES string of the molecule is CCC(C)C(=O)Nc1cccc(CNC(=NC)NCc2ccccn2)c1.I. The number of aromatic nitrogens is 1. The zero-order valence-electron chi connectivity index (χ0n) is 16.0. The van der Waals surface area contributed by atoms with Crippen LogP contribution < -0.4 is 16.0 Å². The third kappa shape index (κ3) is 7.94. The molecule has 6 nitrogen and oxygen atoms in total. The highest BCUT2D eigenvalue weighted by atomic mass is 127. The molecule has 3 N–H and O–H groups in total. The second kappa shape index (κ2) is 12.3. The number of anilines is 1. The highest BCUT2D eigenvalue weighted by molar-refractivity contribution is 14.0. The van der Waals surface area contributed by atoms with Gasteiger partial charge < -0.3 is 16.0 Å². The molecule has 146 valence electrons. The molecule has 0 spiro atoms. The van der Waals surface area contributed by atoms with Gasteiger partial charge in [0, 0.05) is 31.4 Å². The minimum Gasteiger partial charge on any atom is -0.352 e. The minimum absolute atomic E-state index is 0. The number of hydrogen-bond acceptors (Lipinski definition) is 3. The maximum absolute atomic E-state index is 12.0. The molecule has 1 amide bonds. The largest absolute Gasteiger partial charge is 0.352 e. The molecule has 0 radical (unpaired) electrons. The number of pyridine rings is 1. The van der Waals surface area contributed by atoms with Gasteiger partial charge in [-0.25, -0.2) is 0 Å². The van der Waals surface area contributed by atoms with E-state index in [-0.39, 0.29) is 35.8 Å². The van der Waals surface area contributed by atoms with Gasteiger partial charge in [0.05, 0.1) is 12.2 Å². The lowest BCUT2D eigenvalue weighted by Gasteiger charge is -2.13. The van der Waals surface area contributed by atoms with E-state index in [1.165, 1.54) is 0 Å². The number of rotatable bonds is 7. The summed E-state index contributed by atoms with van der Waals surface area (Å²) in [6.07, 6.45) is 2.59. The van der Waals surface area contributed by atoms with E-state index in [0.717, 1.165) is 23.4 Å². The summed E-state index contributed by atoms with van der Waals surface area (Å²) in [5, 5.41) is 9.46. The highest BCUT2D eigenvalue weighted by Gasteiger charge is 2.10. The fraction of sp³-hybridized carbons (Fsp3) is 0.350. The first-order chi connectivity index (χ1) is 12.6. The van der Waals surface area contributed by atoms with Gasteiger partial charge in [-0.05, 0) is 36.2 Å². The van der Waals surface area contributed by atoms with Crippen molar-refractivity contribution in [2.45, 2.75) is 33.4 Å². The van der Waals surface area contributed by atoms with Crippen LogP contribution in [0.4, 0.5) is 5.69 Å². The number of hydrogen-bond donors (Lipinski definition) is 3. The van der Waals surface area contributed by atoms with Crippen LogP contribution >= 0.6 is 24.0 Å². The Kier molecular flexibility index (Phi) is 10.4. The van der Waals surface area contributed by atoms with Crippen molar-refractivity contribution in [3.05, 3.63) is 59.9 Å². The first-order valence-corrected chi connectivity index (χ1v) is 8.86. The van der Waals surface area contributed by atoms with Crippen LogP contribution in [0.2, 0.25) is 0 Å². The zero-order chi connectivity index (χ0) is 18.8. The summed E-state index contributed by atoms with van der Waals surface area (Å²) in [5.41, 5.74) is 2.82. The minimum atomic E-state index is 0. The number of carbonyl (C=O) groups is 1. The maximum Gasteiger partial charge on any atom is 0.227 e. The van der Waals surface area contributed by atoms with E-state index in [1.54, 1.807) is 13.2 Å². The molecule has 1 aromatic carbocycles. The van der Waals surface area contributed by atoms with Gasteiger partial charge in [-0.3, -0.25) is 14.8 Å². The van der Waals surface area contributed by atoms with Crippen LogP contribution in [-0.4, -0.2) is 23.9 Å². The third-order valence-electron chi connectivity index (χ3n) is 4.10. The number of aliphatic imine (C=N–C) groups is 1. The molecule has 0 aliphatic rings. The number of halogens is 1. The fourth-order valence-corrected chi connectivity index (χ4v) is 2.29. The Bertz CT molecular complexity index is 736. The molecule has 1 atom stereocenters. The van der Waals surface area contributed by atoms with Crippen molar-refractivity contribution in [1.82, 2.24) is 15.6 Å². The van der Waals surface area contributed by atoms with Gasteiger partial charge >= 0.3 is 0 Å². The number of nitrogens with one attached hydrogen (secondary N) is 3. The summed E-state index contributed by atoms with van der Waals surface area (Å²) in [6.45, 7) is 5.15. The number of benzene rings is 1. The zero-order valence-corrected chi connectivity index (χ0v) is 18.4. The average Bonchev–Trinajstić information content (AvgIpc) is 2.68. The van der Waals surface area contributed by atoms with Crippen molar-refractivity contribution < 1.29 is 4.79 Å². The summed E-state index contributed by atoms with van der Waals surface area (Å²) in [6, 6.07) is 13.6. The first-order valence-electron chi connectivity index (χ1n) is 8.86. The summed E-state index contributed by atoms with van der Waals surface area (Å²) in [7, 11) is 1.73. The summed E-state index contributed by atoms with van der Waals surface area (Å²) in [4.78, 5) is 20.5.